The molecular weight excluding hydrogens is 433 g/mol. The summed E-state index contributed by atoms with van der Waals surface area (Å²) in [5.74, 6) is -1.05. The van der Waals surface area contributed by atoms with Gasteiger partial charge in [0.05, 0.1) is 4.90 Å². The molecule has 0 saturated carbocycles. The molecule has 32 heavy (non-hydrogen) atoms. The summed E-state index contributed by atoms with van der Waals surface area (Å²) in [5.41, 5.74) is 1.76. The second-order valence-electron chi connectivity index (χ2n) is 6.88. The highest BCUT2D eigenvalue weighted by Gasteiger charge is 2.15. The summed E-state index contributed by atoms with van der Waals surface area (Å²) in [6, 6.07) is 17.3. The van der Waals surface area contributed by atoms with Gasteiger partial charge in [-0.1, -0.05) is 12.1 Å². The number of benzene rings is 3. The minimum Gasteiger partial charge on any atom is -0.352 e. The first kappa shape index (κ1) is 23.0. The van der Waals surface area contributed by atoms with Crippen LogP contribution in [0.15, 0.2) is 77.7 Å². The zero-order valence-corrected chi connectivity index (χ0v) is 18.1. The van der Waals surface area contributed by atoms with Gasteiger partial charge in [-0.25, -0.2) is 12.8 Å². The van der Waals surface area contributed by atoms with Crippen molar-refractivity contribution in [2.45, 2.75) is 18.4 Å². The highest BCUT2D eigenvalue weighted by atomic mass is 32.2. The van der Waals surface area contributed by atoms with Crippen LogP contribution in [0.3, 0.4) is 0 Å². The quantitative estimate of drug-likeness (QED) is 0.485. The van der Waals surface area contributed by atoms with Crippen molar-refractivity contribution in [2.75, 3.05) is 11.3 Å². The van der Waals surface area contributed by atoms with E-state index in [1.165, 1.54) is 36.4 Å². The van der Waals surface area contributed by atoms with Gasteiger partial charge in [-0.2, -0.15) is 0 Å². The number of halogens is 1. The van der Waals surface area contributed by atoms with Crippen molar-refractivity contribution >= 4 is 27.5 Å². The Morgan fingerprint density at radius 2 is 1.50 bits per heavy atom. The minimum atomic E-state index is -3.88. The fourth-order valence-electron chi connectivity index (χ4n) is 2.89. The molecule has 0 atom stereocenters. The Morgan fingerprint density at radius 3 is 2.16 bits per heavy atom. The lowest BCUT2D eigenvalue weighted by Crippen LogP contribution is -2.24. The summed E-state index contributed by atoms with van der Waals surface area (Å²) in [5, 5.41) is 5.46. The van der Waals surface area contributed by atoms with Crippen LogP contribution in [0.4, 0.5) is 10.1 Å². The largest absolute Gasteiger partial charge is 0.352 e. The number of hydrogen-bond acceptors (Lipinski definition) is 4. The Labute approximate surface area is 185 Å². The summed E-state index contributed by atoms with van der Waals surface area (Å²) in [7, 11) is -3.88. The Bertz CT molecular complexity index is 1210. The van der Waals surface area contributed by atoms with E-state index in [4.69, 9.17) is 0 Å². The predicted molar refractivity (Wildman–Crippen MR) is 119 cm³/mol. The molecule has 3 rings (SSSR count). The molecule has 0 bridgehead atoms. The van der Waals surface area contributed by atoms with E-state index in [0.29, 0.717) is 12.1 Å². The average Bonchev–Trinajstić information content (AvgIpc) is 2.79. The molecule has 0 aliphatic heterocycles. The van der Waals surface area contributed by atoms with Gasteiger partial charge in [-0.15, -0.1) is 0 Å². The molecule has 0 aliphatic carbocycles. The third kappa shape index (κ3) is 5.92. The number of carbonyl (C=O) groups excluding carboxylic acids is 2. The first-order valence-electron chi connectivity index (χ1n) is 9.82. The molecule has 166 valence electrons. The maximum atomic E-state index is 13.0. The summed E-state index contributed by atoms with van der Waals surface area (Å²) in [6.07, 6.45) is 0. The molecule has 7 nitrogen and oxygen atoms in total. The smallest absolute Gasteiger partial charge is 0.261 e. The molecular formula is C23H22FN3O4S. The Balaban J connectivity index is 1.63. The van der Waals surface area contributed by atoms with Crippen LogP contribution >= 0.6 is 0 Å². The zero-order valence-electron chi connectivity index (χ0n) is 17.3. The highest BCUT2D eigenvalue weighted by molar-refractivity contribution is 7.92. The van der Waals surface area contributed by atoms with E-state index in [9.17, 15) is 22.4 Å². The Morgan fingerprint density at radius 1 is 0.844 bits per heavy atom. The van der Waals surface area contributed by atoms with E-state index < -0.39 is 15.8 Å². The summed E-state index contributed by atoms with van der Waals surface area (Å²) >= 11 is 0. The second kappa shape index (κ2) is 10.1. The van der Waals surface area contributed by atoms with Gasteiger partial charge in [0.1, 0.15) is 5.82 Å². The van der Waals surface area contributed by atoms with Gasteiger partial charge in [0, 0.05) is 29.9 Å². The van der Waals surface area contributed by atoms with Gasteiger partial charge < -0.3 is 10.6 Å². The van der Waals surface area contributed by atoms with E-state index >= 15 is 0 Å². The maximum absolute atomic E-state index is 13.0. The molecule has 0 fully saturated rings. The first-order chi connectivity index (χ1) is 15.3. The Kier molecular flexibility index (Phi) is 7.21. The number of rotatable bonds is 8. The molecule has 3 N–H and O–H groups in total. The molecule has 0 spiro atoms. The first-order valence-corrected chi connectivity index (χ1v) is 11.3. The monoisotopic (exact) mass is 455 g/mol. The van der Waals surface area contributed by atoms with Gasteiger partial charge >= 0.3 is 0 Å². The number of nitrogens with one attached hydrogen (secondary N) is 3. The van der Waals surface area contributed by atoms with Crippen molar-refractivity contribution in [1.29, 1.82) is 0 Å². The summed E-state index contributed by atoms with van der Waals surface area (Å²) in [6.45, 7) is 2.56. The third-order valence-electron chi connectivity index (χ3n) is 4.50. The van der Waals surface area contributed by atoms with Crippen LogP contribution in [0.2, 0.25) is 0 Å². The Hall–Kier alpha value is -3.72. The van der Waals surface area contributed by atoms with E-state index in [0.717, 1.165) is 17.7 Å². The van der Waals surface area contributed by atoms with Gasteiger partial charge in [-0.3, -0.25) is 14.3 Å². The van der Waals surface area contributed by atoms with Gasteiger partial charge in [0.15, 0.2) is 0 Å². The van der Waals surface area contributed by atoms with E-state index in [-0.39, 0.29) is 34.5 Å². The standard InChI is InChI=1S/C23H22FN3O4S/c1-2-25-23(29)18-5-3-4-16(14-18)15-26-22(28)17-6-12-21(13-7-17)32(30,31)27-20-10-8-19(24)9-11-20/h3-14,27H,2,15H2,1H3,(H,25,29)(H,26,28). The molecule has 3 aromatic rings. The SMILES string of the molecule is CCNC(=O)c1cccc(CNC(=O)c2ccc(S(=O)(=O)Nc3ccc(F)cc3)cc2)c1. The number of carbonyl (C=O) groups is 2. The average molecular weight is 456 g/mol. The number of amides is 2. The van der Waals surface area contributed by atoms with Crippen molar-refractivity contribution in [1.82, 2.24) is 10.6 Å². The lowest BCUT2D eigenvalue weighted by Gasteiger charge is -2.10. The molecule has 0 saturated heterocycles. The van der Waals surface area contributed by atoms with Crippen LogP contribution in [0.25, 0.3) is 0 Å². The molecule has 2 amide bonds. The van der Waals surface area contributed by atoms with Gasteiger partial charge in [0.2, 0.25) is 0 Å². The fourth-order valence-corrected chi connectivity index (χ4v) is 3.95. The zero-order chi connectivity index (χ0) is 23.1. The molecule has 3 aromatic carbocycles. The predicted octanol–water partition coefficient (Wildman–Crippen LogP) is 3.31. The molecule has 0 radical (unpaired) electrons. The summed E-state index contributed by atoms with van der Waals surface area (Å²) in [4.78, 5) is 24.3. The van der Waals surface area contributed by atoms with Crippen molar-refractivity contribution in [3.63, 3.8) is 0 Å². The molecule has 0 aliphatic rings. The van der Waals surface area contributed by atoms with Crippen molar-refractivity contribution < 1.29 is 22.4 Å². The van der Waals surface area contributed by atoms with Crippen LogP contribution in [-0.4, -0.2) is 26.8 Å². The number of sulfonamides is 1. The maximum Gasteiger partial charge on any atom is 0.261 e. The van der Waals surface area contributed by atoms with Crippen molar-refractivity contribution in [2.24, 2.45) is 0 Å². The third-order valence-corrected chi connectivity index (χ3v) is 5.90. The highest BCUT2D eigenvalue weighted by Crippen LogP contribution is 2.17. The molecule has 9 heteroatoms. The van der Waals surface area contributed by atoms with Gasteiger partial charge in [0.25, 0.3) is 21.8 Å². The van der Waals surface area contributed by atoms with Gasteiger partial charge in [-0.05, 0) is 73.2 Å². The minimum absolute atomic E-state index is 0.0342. The lowest BCUT2D eigenvalue weighted by atomic mass is 10.1. The molecule has 0 unspecified atom stereocenters. The van der Waals surface area contributed by atoms with E-state index in [2.05, 4.69) is 15.4 Å². The lowest BCUT2D eigenvalue weighted by molar-refractivity contribution is 0.0947. The van der Waals surface area contributed by atoms with E-state index in [1.807, 2.05) is 6.92 Å². The number of hydrogen-bond donors (Lipinski definition) is 3. The van der Waals surface area contributed by atoms with Crippen LogP contribution < -0.4 is 15.4 Å². The van der Waals surface area contributed by atoms with Crippen molar-refractivity contribution in [3.8, 4) is 0 Å². The molecule has 0 heterocycles. The van der Waals surface area contributed by atoms with Crippen LogP contribution in [0.5, 0.6) is 0 Å². The van der Waals surface area contributed by atoms with Crippen LogP contribution in [0, 0.1) is 5.82 Å². The normalized spacial score (nSPS) is 10.9. The van der Waals surface area contributed by atoms with E-state index in [1.54, 1.807) is 24.3 Å². The number of anilines is 1. The van der Waals surface area contributed by atoms with Crippen LogP contribution in [-0.2, 0) is 16.6 Å². The van der Waals surface area contributed by atoms with Crippen LogP contribution in [0.1, 0.15) is 33.2 Å². The second-order valence-corrected chi connectivity index (χ2v) is 8.56. The topological polar surface area (TPSA) is 104 Å². The fraction of sp³-hybridized carbons (Fsp3) is 0.130. The molecule has 0 aromatic heterocycles. The summed E-state index contributed by atoms with van der Waals surface area (Å²) < 4.78 is 40.3. The van der Waals surface area contributed by atoms with Crippen molar-refractivity contribution in [3.05, 3.63) is 95.3 Å².